The molecular formula is C24H27NO4. The molecule has 5 nitrogen and oxygen atoms in total. The minimum absolute atomic E-state index is 0.0588. The van der Waals surface area contributed by atoms with Crippen LogP contribution in [0.3, 0.4) is 0 Å². The number of rotatable bonds is 5. The van der Waals surface area contributed by atoms with Gasteiger partial charge in [-0.05, 0) is 55.9 Å². The molecule has 2 saturated heterocycles. The van der Waals surface area contributed by atoms with Gasteiger partial charge in [-0.2, -0.15) is 0 Å². The van der Waals surface area contributed by atoms with Gasteiger partial charge in [0, 0.05) is 23.6 Å². The molecule has 2 unspecified atom stereocenters. The first-order chi connectivity index (χ1) is 14.1. The second-order valence-electron chi connectivity index (χ2n) is 8.05. The fourth-order valence-electron chi connectivity index (χ4n) is 4.70. The number of amides is 1. The highest BCUT2D eigenvalue weighted by molar-refractivity contribution is 5.99. The summed E-state index contributed by atoms with van der Waals surface area (Å²) in [6.45, 7) is 2.23. The first-order valence-corrected chi connectivity index (χ1v) is 10.2. The number of ketones is 1. The Labute approximate surface area is 171 Å². The molecule has 2 heterocycles. The lowest BCUT2D eigenvalue weighted by atomic mass is 9.84. The molecule has 0 radical (unpaired) electrons. The van der Waals surface area contributed by atoms with E-state index in [-0.39, 0.29) is 36.5 Å². The molecule has 2 aromatic rings. The Bertz CT molecular complexity index is 881. The van der Waals surface area contributed by atoms with Gasteiger partial charge in [-0.15, -0.1) is 0 Å². The lowest BCUT2D eigenvalue weighted by Crippen LogP contribution is -2.48. The van der Waals surface area contributed by atoms with Crippen LogP contribution in [-0.4, -0.2) is 36.0 Å². The molecule has 2 fully saturated rings. The average Bonchev–Trinajstić information content (AvgIpc) is 3.02. The van der Waals surface area contributed by atoms with Crippen molar-refractivity contribution in [2.75, 3.05) is 7.11 Å². The molecule has 2 aliphatic heterocycles. The molecule has 0 spiro atoms. The van der Waals surface area contributed by atoms with E-state index in [1.807, 2.05) is 60.4 Å². The molecule has 1 amide bonds. The minimum Gasteiger partial charge on any atom is -0.497 e. The summed E-state index contributed by atoms with van der Waals surface area (Å²) in [5, 5.41) is 0. The zero-order valence-electron chi connectivity index (χ0n) is 17.0. The van der Waals surface area contributed by atoms with Gasteiger partial charge in [0.1, 0.15) is 12.4 Å². The van der Waals surface area contributed by atoms with Gasteiger partial charge in [0.25, 0.3) is 0 Å². The smallest absolute Gasteiger partial charge is 0.410 e. The maximum absolute atomic E-state index is 13.2. The average molecular weight is 393 g/mol. The van der Waals surface area contributed by atoms with Crippen LogP contribution in [0.15, 0.2) is 48.5 Å². The van der Waals surface area contributed by atoms with Crippen LogP contribution in [0.1, 0.15) is 47.2 Å². The predicted octanol–water partition coefficient (Wildman–Crippen LogP) is 4.77. The number of methoxy groups -OCH3 is 1. The van der Waals surface area contributed by atoms with Crippen LogP contribution in [0.25, 0.3) is 0 Å². The molecule has 5 heteroatoms. The summed E-state index contributed by atoms with van der Waals surface area (Å²) in [6.07, 6.45) is 3.02. The van der Waals surface area contributed by atoms with Gasteiger partial charge in [0.05, 0.1) is 7.11 Å². The van der Waals surface area contributed by atoms with Crippen LogP contribution in [-0.2, 0) is 11.3 Å². The highest BCUT2D eigenvalue weighted by Gasteiger charge is 2.46. The van der Waals surface area contributed by atoms with E-state index < -0.39 is 0 Å². The van der Waals surface area contributed by atoms with Crippen LogP contribution >= 0.6 is 0 Å². The molecule has 0 aromatic heterocycles. The van der Waals surface area contributed by atoms with Crippen molar-refractivity contribution in [3.8, 4) is 5.75 Å². The van der Waals surface area contributed by atoms with Crippen molar-refractivity contribution >= 4 is 11.9 Å². The number of hydrogen-bond donors (Lipinski definition) is 0. The van der Waals surface area contributed by atoms with Crippen molar-refractivity contribution in [3.63, 3.8) is 0 Å². The van der Waals surface area contributed by atoms with E-state index >= 15 is 0 Å². The first kappa shape index (κ1) is 19.5. The van der Waals surface area contributed by atoms with Crippen LogP contribution in [0.4, 0.5) is 4.79 Å². The maximum atomic E-state index is 13.2. The standard InChI is InChI=1S/C24H27NO4/c1-16-8-11-21(28-2)14-22(16)23(26)18-12-19-9-10-20(13-18)25(19)24(27)29-15-17-6-4-3-5-7-17/h3-8,11,14,18-20H,9-10,12-13,15H2,1-2H3. The Morgan fingerprint density at radius 1 is 1.03 bits per heavy atom. The van der Waals surface area contributed by atoms with Crippen LogP contribution in [0, 0.1) is 12.8 Å². The van der Waals surface area contributed by atoms with Crippen molar-refractivity contribution in [2.45, 2.75) is 51.3 Å². The molecule has 29 heavy (non-hydrogen) atoms. The zero-order chi connectivity index (χ0) is 20.4. The normalized spacial score (nSPS) is 23.0. The van der Waals surface area contributed by atoms with Gasteiger partial charge in [-0.3, -0.25) is 4.79 Å². The summed E-state index contributed by atoms with van der Waals surface area (Å²) in [7, 11) is 1.61. The lowest BCUT2D eigenvalue weighted by molar-refractivity contribution is 0.0485. The van der Waals surface area contributed by atoms with Crippen LogP contribution in [0.5, 0.6) is 5.75 Å². The Morgan fingerprint density at radius 3 is 2.38 bits per heavy atom. The van der Waals surface area contributed by atoms with Gasteiger partial charge < -0.3 is 14.4 Å². The minimum atomic E-state index is -0.259. The number of carbonyl (C=O) groups is 2. The molecule has 0 saturated carbocycles. The number of fused-ring (bicyclic) bond motifs is 2. The van der Waals surface area contributed by atoms with Gasteiger partial charge in [-0.25, -0.2) is 4.79 Å². The fraction of sp³-hybridized carbons (Fsp3) is 0.417. The Kier molecular flexibility index (Phi) is 5.56. The largest absolute Gasteiger partial charge is 0.497 e. The van der Waals surface area contributed by atoms with Crippen LogP contribution in [0.2, 0.25) is 0 Å². The van der Waals surface area contributed by atoms with E-state index in [1.54, 1.807) is 7.11 Å². The molecule has 152 valence electrons. The van der Waals surface area contributed by atoms with Gasteiger partial charge in [-0.1, -0.05) is 36.4 Å². The quantitative estimate of drug-likeness (QED) is 0.687. The summed E-state index contributed by atoms with van der Waals surface area (Å²) >= 11 is 0. The Balaban J connectivity index is 1.42. The third-order valence-electron chi connectivity index (χ3n) is 6.23. The van der Waals surface area contributed by atoms with Crippen molar-refractivity contribution < 1.29 is 19.1 Å². The number of ether oxygens (including phenoxy) is 2. The molecule has 0 aliphatic carbocycles. The molecule has 0 N–H and O–H groups in total. The summed E-state index contributed by atoms with van der Waals surface area (Å²) in [6, 6.07) is 15.5. The maximum Gasteiger partial charge on any atom is 0.410 e. The third-order valence-corrected chi connectivity index (χ3v) is 6.23. The Hall–Kier alpha value is -2.82. The van der Waals surface area contributed by atoms with Crippen molar-refractivity contribution in [3.05, 3.63) is 65.2 Å². The van der Waals surface area contributed by atoms with E-state index in [9.17, 15) is 9.59 Å². The second kappa shape index (κ2) is 8.27. The van der Waals surface area contributed by atoms with E-state index in [2.05, 4.69) is 0 Å². The SMILES string of the molecule is COc1ccc(C)c(C(=O)C2CC3CCC(C2)N3C(=O)OCc2ccccc2)c1. The number of hydrogen-bond acceptors (Lipinski definition) is 4. The number of nitrogens with zero attached hydrogens (tertiary/aromatic N) is 1. The number of aryl methyl sites for hydroxylation is 1. The summed E-state index contributed by atoms with van der Waals surface area (Å²) in [5.74, 6) is 0.802. The van der Waals surface area contributed by atoms with Crippen LogP contribution < -0.4 is 4.74 Å². The van der Waals surface area contributed by atoms with E-state index in [1.165, 1.54) is 0 Å². The third kappa shape index (κ3) is 4.00. The first-order valence-electron chi connectivity index (χ1n) is 10.2. The van der Waals surface area contributed by atoms with Gasteiger partial charge in [0.2, 0.25) is 0 Å². The fourth-order valence-corrected chi connectivity index (χ4v) is 4.70. The molecule has 2 aliphatic rings. The summed E-state index contributed by atoms with van der Waals surface area (Å²) < 4.78 is 10.9. The topological polar surface area (TPSA) is 55.8 Å². The molecular weight excluding hydrogens is 366 g/mol. The summed E-state index contributed by atoms with van der Waals surface area (Å²) in [5.41, 5.74) is 2.67. The van der Waals surface area contributed by atoms with Crippen molar-refractivity contribution in [1.82, 2.24) is 4.90 Å². The number of piperidine rings is 1. The number of benzene rings is 2. The zero-order valence-corrected chi connectivity index (χ0v) is 17.0. The van der Waals surface area contributed by atoms with E-state index in [0.717, 1.165) is 29.5 Å². The number of carbonyl (C=O) groups excluding carboxylic acids is 2. The molecule has 2 atom stereocenters. The second-order valence-corrected chi connectivity index (χ2v) is 8.05. The highest BCUT2D eigenvalue weighted by Crippen LogP contribution is 2.40. The lowest BCUT2D eigenvalue weighted by Gasteiger charge is -2.37. The van der Waals surface area contributed by atoms with Gasteiger partial charge in [0.15, 0.2) is 5.78 Å². The van der Waals surface area contributed by atoms with E-state index in [4.69, 9.17) is 9.47 Å². The summed E-state index contributed by atoms with van der Waals surface area (Å²) in [4.78, 5) is 27.8. The monoisotopic (exact) mass is 393 g/mol. The van der Waals surface area contributed by atoms with Gasteiger partial charge >= 0.3 is 6.09 Å². The molecule has 4 rings (SSSR count). The Morgan fingerprint density at radius 2 is 1.72 bits per heavy atom. The van der Waals surface area contributed by atoms with Crippen molar-refractivity contribution in [1.29, 1.82) is 0 Å². The molecule has 2 bridgehead atoms. The predicted molar refractivity (Wildman–Crippen MR) is 110 cm³/mol. The highest BCUT2D eigenvalue weighted by atomic mass is 16.6. The molecule has 2 aromatic carbocycles. The van der Waals surface area contributed by atoms with E-state index in [0.29, 0.717) is 18.6 Å². The number of Topliss-reactive ketones (excluding diaryl/α,β-unsaturated/α-hetero) is 1. The van der Waals surface area contributed by atoms with Crippen molar-refractivity contribution in [2.24, 2.45) is 5.92 Å².